The Morgan fingerprint density at radius 1 is 1.29 bits per heavy atom. The molecule has 0 unspecified atom stereocenters. The lowest BCUT2D eigenvalue weighted by molar-refractivity contribution is 0.0555. The molecule has 0 amide bonds. The number of rotatable bonds is 1. The monoisotopic (exact) mass is 236 g/mol. The smallest absolute Gasteiger partial charge is 0.0823 e. The van der Waals surface area contributed by atoms with E-state index in [1.54, 1.807) is 0 Å². The quantitative estimate of drug-likeness (QED) is 0.687. The molecule has 0 aliphatic heterocycles. The summed E-state index contributed by atoms with van der Waals surface area (Å²) >= 11 is 0. The number of hydrogen-bond donors (Lipinski definition) is 2. The summed E-state index contributed by atoms with van der Waals surface area (Å²) in [5, 5.41) is 20.5. The van der Waals surface area contributed by atoms with E-state index < -0.39 is 6.10 Å². The molecule has 2 aliphatic rings. The first kappa shape index (κ1) is 12.8. The van der Waals surface area contributed by atoms with Gasteiger partial charge in [0, 0.05) is 5.92 Å². The third-order valence-electron chi connectivity index (χ3n) is 4.86. The van der Waals surface area contributed by atoms with E-state index in [4.69, 9.17) is 0 Å². The number of fused-ring (bicyclic) bond motifs is 1. The maximum Gasteiger partial charge on any atom is 0.0823 e. The first-order valence-electron chi connectivity index (χ1n) is 6.59. The van der Waals surface area contributed by atoms with Crippen LogP contribution in [0.25, 0.3) is 0 Å². The minimum atomic E-state index is -0.443. The van der Waals surface area contributed by atoms with E-state index >= 15 is 0 Å². The average Bonchev–Trinajstić information content (AvgIpc) is 2.24. The summed E-state index contributed by atoms with van der Waals surface area (Å²) in [5.41, 5.74) is 3.24. The highest BCUT2D eigenvalue weighted by molar-refractivity contribution is 5.33. The predicted molar refractivity (Wildman–Crippen MR) is 69.6 cm³/mol. The van der Waals surface area contributed by atoms with Gasteiger partial charge in [-0.15, -0.1) is 0 Å². The zero-order chi connectivity index (χ0) is 12.8. The second kappa shape index (κ2) is 4.25. The zero-order valence-corrected chi connectivity index (χ0v) is 11.2. The van der Waals surface area contributed by atoms with Gasteiger partial charge in [-0.2, -0.15) is 0 Å². The Morgan fingerprint density at radius 3 is 2.47 bits per heavy atom. The standard InChI is InChI=1S/C15H24O2/c1-9(2)11-5-7-15(4)8-6-12(16)10(3)13(15)14(11)17/h11-12,14,16-17H,1,5-8H2,2-4H3/t11-,12-,14+,15+/m0/s1. The van der Waals surface area contributed by atoms with Crippen LogP contribution in [0.1, 0.15) is 46.5 Å². The van der Waals surface area contributed by atoms with Crippen molar-refractivity contribution in [2.24, 2.45) is 11.3 Å². The van der Waals surface area contributed by atoms with Gasteiger partial charge in [-0.25, -0.2) is 0 Å². The molecular weight excluding hydrogens is 212 g/mol. The van der Waals surface area contributed by atoms with Crippen molar-refractivity contribution in [1.82, 2.24) is 0 Å². The summed E-state index contributed by atoms with van der Waals surface area (Å²) in [6, 6.07) is 0. The molecule has 0 saturated heterocycles. The summed E-state index contributed by atoms with van der Waals surface area (Å²) in [7, 11) is 0. The van der Waals surface area contributed by atoms with Crippen LogP contribution in [-0.2, 0) is 0 Å². The van der Waals surface area contributed by atoms with Crippen LogP contribution < -0.4 is 0 Å². The molecule has 17 heavy (non-hydrogen) atoms. The van der Waals surface area contributed by atoms with Crippen LogP contribution >= 0.6 is 0 Å². The Balaban J connectivity index is 2.42. The van der Waals surface area contributed by atoms with Crippen molar-refractivity contribution in [3.05, 3.63) is 23.3 Å². The van der Waals surface area contributed by atoms with Gasteiger partial charge in [0.25, 0.3) is 0 Å². The molecule has 2 heteroatoms. The molecule has 2 rings (SSSR count). The summed E-state index contributed by atoms with van der Waals surface area (Å²) < 4.78 is 0. The molecule has 2 aliphatic carbocycles. The van der Waals surface area contributed by atoms with Crippen molar-refractivity contribution < 1.29 is 10.2 Å². The molecular formula is C15H24O2. The van der Waals surface area contributed by atoms with Crippen LogP contribution in [0.2, 0.25) is 0 Å². The molecule has 2 nitrogen and oxygen atoms in total. The first-order valence-corrected chi connectivity index (χ1v) is 6.59. The van der Waals surface area contributed by atoms with Gasteiger partial charge in [-0.05, 0) is 56.1 Å². The SMILES string of the molecule is C=C(C)[C@@H]1CC[C@]2(C)CC[C@H](O)C(C)=C2[C@@H]1O. The highest BCUT2D eigenvalue weighted by Gasteiger charge is 2.45. The van der Waals surface area contributed by atoms with Crippen molar-refractivity contribution in [1.29, 1.82) is 0 Å². The van der Waals surface area contributed by atoms with E-state index in [0.717, 1.165) is 42.4 Å². The largest absolute Gasteiger partial charge is 0.389 e. The maximum atomic E-state index is 10.6. The summed E-state index contributed by atoms with van der Waals surface area (Å²) in [5.74, 6) is 0.165. The fourth-order valence-corrected chi connectivity index (χ4v) is 3.66. The van der Waals surface area contributed by atoms with Crippen LogP contribution in [0.3, 0.4) is 0 Å². The highest BCUT2D eigenvalue weighted by Crippen LogP contribution is 2.52. The molecule has 1 saturated carbocycles. The van der Waals surface area contributed by atoms with E-state index in [-0.39, 0.29) is 17.4 Å². The molecule has 1 fully saturated rings. The van der Waals surface area contributed by atoms with Gasteiger partial charge >= 0.3 is 0 Å². The lowest BCUT2D eigenvalue weighted by atomic mass is 9.59. The van der Waals surface area contributed by atoms with Crippen LogP contribution in [0.15, 0.2) is 23.3 Å². The minimum Gasteiger partial charge on any atom is -0.389 e. The molecule has 0 aromatic carbocycles. The Morgan fingerprint density at radius 2 is 1.88 bits per heavy atom. The van der Waals surface area contributed by atoms with Gasteiger partial charge in [-0.3, -0.25) is 0 Å². The molecule has 4 atom stereocenters. The average molecular weight is 236 g/mol. The Kier molecular flexibility index (Phi) is 3.21. The first-order chi connectivity index (χ1) is 7.87. The van der Waals surface area contributed by atoms with Gasteiger partial charge in [0.05, 0.1) is 12.2 Å². The van der Waals surface area contributed by atoms with Gasteiger partial charge in [-0.1, -0.05) is 19.1 Å². The van der Waals surface area contributed by atoms with Gasteiger partial charge in [0.1, 0.15) is 0 Å². The van der Waals surface area contributed by atoms with Crippen LogP contribution in [0, 0.1) is 11.3 Å². The molecule has 0 heterocycles. The maximum absolute atomic E-state index is 10.6. The fraction of sp³-hybridized carbons (Fsp3) is 0.733. The van der Waals surface area contributed by atoms with E-state index in [0.29, 0.717) is 0 Å². The van der Waals surface area contributed by atoms with Gasteiger partial charge in [0.2, 0.25) is 0 Å². The second-order valence-corrected chi connectivity index (χ2v) is 6.15. The van der Waals surface area contributed by atoms with Crippen molar-refractivity contribution in [3.8, 4) is 0 Å². The lowest BCUT2D eigenvalue weighted by Gasteiger charge is -2.48. The Hall–Kier alpha value is -0.600. The van der Waals surface area contributed by atoms with Crippen molar-refractivity contribution in [2.45, 2.75) is 58.7 Å². The molecule has 0 spiro atoms. The number of hydrogen-bond acceptors (Lipinski definition) is 2. The van der Waals surface area contributed by atoms with Crippen LogP contribution in [0.4, 0.5) is 0 Å². The van der Waals surface area contributed by atoms with Crippen LogP contribution in [-0.4, -0.2) is 22.4 Å². The Labute approximate surface area is 104 Å². The van der Waals surface area contributed by atoms with E-state index in [1.165, 1.54) is 0 Å². The highest BCUT2D eigenvalue weighted by atomic mass is 16.3. The van der Waals surface area contributed by atoms with Gasteiger partial charge in [0.15, 0.2) is 0 Å². The molecule has 0 bridgehead atoms. The normalized spacial score (nSPS) is 42.3. The Bertz CT molecular complexity index is 369. The number of aliphatic hydroxyl groups excluding tert-OH is 2. The summed E-state index contributed by atoms with van der Waals surface area (Å²) in [6.45, 7) is 10.2. The van der Waals surface area contributed by atoms with Crippen molar-refractivity contribution in [2.75, 3.05) is 0 Å². The second-order valence-electron chi connectivity index (χ2n) is 6.15. The minimum absolute atomic E-state index is 0.0919. The van der Waals surface area contributed by atoms with E-state index in [1.807, 2.05) is 13.8 Å². The van der Waals surface area contributed by atoms with Crippen molar-refractivity contribution >= 4 is 0 Å². The zero-order valence-electron chi connectivity index (χ0n) is 11.2. The third-order valence-corrected chi connectivity index (χ3v) is 4.86. The van der Waals surface area contributed by atoms with Crippen molar-refractivity contribution in [3.63, 3.8) is 0 Å². The van der Waals surface area contributed by atoms with Crippen LogP contribution in [0.5, 0.6) is 0 Å². The molecule has 0 aromatic heterocycles. The van der Waals surface area contributed by atoms with E-state index in [9.17, 15) is 10.2 Å². The fourth-order valence-electron chi connectivity index (χ4n) is 3.66. The lowest BCUT2D eigenvalue weighted by Crippen LogP contribution is -2.43. The van der Waals surface area contributed by atoms with Gasteiger partial charge < -0.3 is 10.2 Å². The summed E-state index contributed by atoms with van der Waals surface area (Å²) in [4.78, 5) is 0. The topological polar surface area (TPSA) is 40.5 Å². The predicted octanol–water partition coefficient (Wildman–Crippen LogP) is 2.81. The summed E-state index contributed by atoms with van der Waals surface area (Å²) in [6.07, 6.45) is 3.12. The third kappa shape index (κ3) is 1.98. The molecule has 2 N–H and O–H groups in total. The molecule has 96 valence electrons. The molecule has 0 aromatic rings. The molecule has 0 radical (unpaired) electrons. The number of aliphatic hydroxyl groups is 2. The van der Waals surface area contributed by atoms with E-state index in [2.05, 4.69) is 13.5 Å².